The third-order valence-electron chi connectivity index (χ3n) is 7.84. The number of ether oxygens (including phenoxy) is 1. The monoisotopic (exact) mass is 537 g/mol. The predicted octanol–water partition coefficient (Wildman–Crippen LogP) is 3.69. The average Bonchev–Trinajstić information content (AvgIpc) is 3.49. The second kappa shape index (κ2) is 12.1. The molecule has 2 aromatic rings. The van der Waals surface area contributed by atoms with Crippen LogP contribution in [-0.4, -0.2) is 48.5 Å². The van der Waals surface area contributed by atoms with Crippen molar-refractivity contribution in [2.24, 2.45) is 10.7 Å². The van der Waals surface area contributed by atoms with Gasteiger partial charge < -0.3 is 4.74 Å². The summed E-state index contributed by atoms with van der Waals surface area (Å²) in [5.41, 5.74) is 13.2. The van der Waals surface area contributed by atoms with Gasteiger partial charge in [-0.15, -0.1) is 0 Å². The summed E-state index contributed by atoms with van der Waals surface area (Å²) in [6.07, 6.45) is 6.48. The number of guanidine groups is 1. The number of aryl methyl sites for hydroxylation is 2. The van der Waals surface area contributed by atoms with Gasteiger partial charge in [-0.2, -0.15) is 0 Å². The minimum Gasteiger partial charge on any atom is -0.487 e. The van der Waals surface area contributed by atoms with E-state index in [0.29, 0.717) is 36.9 Å². The van der Waals surface area contributed by atoms with Crippen LogP contribution >= 0.6 is 11.3 Å². The SMILES string of the molecule is Cc1c(C)c2c(c(C)c1CN=C(N)NCCCC(NCB=O)C(=O)c1nc3c(s1)CCC3)CCC(C)(C)O2. The van der Waals surface area contributed by atoms with Crippen molar-refractivity contribution < 1.29 is 14.2 Å². The number of rotatable bonds is 11. The number of aromatic nitrogens is 1. The number of nitrogens with zero attached hydrogens (tertiary/aromatic N) is 2. The zero-order valence-corrected chi connectivity index (χ0v) is 24.1. The Bertz CT molecular complexity index is 1220. The molecule has 0 spiro atoms. The third-order valence-corrected chi connectivity index (χ3v) is 9.02. The molecule has 38 heavy (non-hydrogen) atoms. The van der Waals surface area contributed by atoms with Crippen LogP contribution in [0.4, 0.5) is 0 Å². The van der Waals surface area contributed by atoms with E-state index in [0.717, 1.165) is 50.7 Å². The Kier molecular flexibility index (Phi) is 9.03. The summed E-state index contributed by atoms with van der Waals surface area (Å²) in [5, 5.41) is 6.80. The number of Topliss-reactive ketones (excluding diaryl/α,β-unsaturated/α-hetero) is 1. The number of carbonyl (C=O) groups excluding carboxylic acids is 1. The van der Waals surface area contributed by atoms with Crippen molar-refractivity contribution in [3.63, 3.8) is 0 Å². The maximum atomic E-state index is 13.1. The van der Waals surface area contributed by atoms with Gasteiger partial charge in [0, 0.05) is 0 Å². The standard InChI is InChI=1S/C28H40BN5O3S/c1-16-17(2)25-19(11-12-28(4,5)37-25)18(3)20(16)14-32-27(30)31-13-7-9-22(33-15-29-36)24(35)26-34-21-8-6-10-23(21)38-26/h22,33H,6-15H2,1-5H3,(H3,30,31,32). The number of hydrogen-bond donors (Lipinski definition) is 3. The zero-order valence-electron chi connectivity index (χ0n) is 23.3. The average molecular weight is 538 g/mol. The van der Waals surface area contributed by atoms with Crippen LogP contribution in [0.1, 0.15) is 87.7 Å². The summed E-state index contributed by atoms with van der Waals surface area (Å²) >= 11 is 1.50. The summed E-state index contributed by atoms with van der Waals surface area (Å²) in [4.78, 5) is 23.5. The molecule has 0 bridgehead atoms. The largest absolute Gasteiger partial charge is 0.487 e. The molecule has 0 saturated carbocycles. The van der Waals surface area contributed by atoms with Crippen molar-refractivity contribution in [2.75, 3.05) is 13.0 Å². The van der Waals surface area contributed by atoms with Crippen molar-refractivity contribution in [1.82, 2.24) is 15.6 Å². The van der Waals surface area contributed by atoms with Crippen molar-refractivity contribution in [3.05, 3.63) is 43.4 Å². The molecule has 0 amide bonds. The molecule has 4 N–H and O–H groups in total. The molecule has 8 nitrogen and oxygen atoms in total. The van der Waals surface area contributed by atoms with Crippen LogP contribution in [0.15, 0.2) is 4.99 Å². The molecule has 1 aliphatic heterocycles. The number of benzene rings is 1. The Morgan fingerprint density at radius 3 is 2.74 bits per heavy atom. The molecule has 0 fully saturated rings. The van der Waals surface area contributed by atoms with Crippen molar-refractivity contribution in [2.45, 2.75) is 97.8 Å². The topological polar surface area (TPSA) is 119 Å². The van der Waals surface area contributed by atoms with E-state index in [-0.39, 0.29) is 17.8 Å². The summed E-state index contributed by atoms with van der Waals surface area (Å²) in [6, 6.07) is -0.442. The number of nitrogens with one attached hydrogen (secondary N) is 2. The van der Waals surface area contributed by atoms with Gasteiger partial charge in [-0.25, -0.2) is 0 Å². The number of fused-ring (bicyclic) bond motifs is 2. The van der Waals surface area contributed by atoms with Crippen LogP contribution in [0, 0.1) is 20.8 Å². The molecular formula is C28H40BN5O3S. The van der Waals surface area contributed by atoms with Gasteiger partial charge in [0.1, 0.15) is 11.4 Å². The molecule has 2 aliphatic rings. The van der Waals surface area contributed by atoms with E-state index in [2.05, 4.69) is 55.2 Å². The number of thiazole rings is 1. The number of hydrogen-bond acceptors (Lipinski definition) is 7. The van der Waals surface area contributed by atoms with Crippen molar-refractivity contribution in [3.8, 4) is 5.75 Å². The van der Waals surface area contributed by atoms with Gasteiger partial charge in [-0.05, 0) is 58.6 Å². The first-order valence-electron chi connectivity index (χ1n) is 13.7. The molecule has 0 saturated heterocycles. The van der Waals surface area contributed by atoms with E-state index in [9.17, 15) is 9.50 Å². The van der Waals surface area contributed by atoms with Gasteiger partial charge in [-0.1, -0.05) is 0 Å². The molecule has 1 unspecified atom stereocenters. The van der Waals surface area contributed by atoms with Crippen molar-refractivity contribution >= 4 is 30.2 Å². The number of carbonyl (C=O) groups is 1. The van der Waals surface area contributed by atoms with E-state index < -0.39 is 6.04 Å². The third kappa shape index (κ3) is 6.34. The molecule has 0 radical (unpaired) electrons. The number of aliphatic imine (C=N–C) groups is 1. The normalized spacial score (nSPS) is 16.8. The van der Waals surface area contributed by atoms with Crippen LogP contribution in [0.5, 0.6) is 5.75 Å². The molecule has 1 aliphatic carbocycles. The van der Waals surface area contributed by atoms with E-state index in [1.54, 1.807) is 0 Å². The van der Waals surface area contributed by atoms with Gasteiger partial charge in [-0.3, -0.25) is 0 Å². The van der Waals surface area contributed by atoms with E-state index >= 15 is 0 Å². The fourth-order valence-electron chi connectivity index (χ4n) is 5.39. The van der Waals surface area contributed by atoms with Crippen molar-refractivity contribution in [1.29, 1.82) is 0 Å². The molecule has 2 heterocycles. The molecule has 204 valence electrons. The minimum atomic E-state index is -0.442. The minimum absolute atomic E-state index is 0.0333. The second-order valence-electron chi connectivity index (χ2n) is 11.0. The van der Waals surface area contributed by atoms with Crippen LogP contribution in [0.25, 0.3) is 0 Å². The second-order valence-corrected chi connectivity index (χ2v) is 12.1. The molecule has 1 aromatic carbocycles. The summed E-state index contributed by atoms with van der Waals surface area (Å²) in [7, 11) is 0.782. The first-order chi connectivity index (χ1) is 18.1. The van der Waals surface area contributed by atoms with Crippen LogP contribution in [-0.2, 0) is 30.5 Å². The first-order valence-corrected chi connectivity index (χ1v) is 14.5. The Morgan fingerprint density at radius 1 is 1.21 bits per heavy atom. The fourth-order valence-corrected chi connectivity index (χ4v) is 6.53. The smallest absolute Gasteiger partial charge is 0.104 e. The van der Waals surface area contributed by atoms with Gasteiger partial charge in [0.15, 0.2) is 0 Å². The Hall–Kier alpha value is -2.59. The van der Waals surface area contributed by atoms with Crippen LogP contribution < -0.4 is 21.1 Å². The predicted molar refractivity (Wildman–Crippen MR) is 153 cm³/mol. The quantitative estimate of drug-likeness (QED) is 0.132. The van der Waals surface area contributed by atoms with E-state index in [1.807, 2.05) is 0 Å². The maximum absolute atomic E-state index is 13.1. The Morgan fingerprint density at radius 2 is 2.00 bits per heavy atom. The molecule has 1 aromatic heterocycles. The van der Waals surface area contributed by atoms with Gasteiger partial charge >= 0.3 is 156 Å². The Balaban J connectivity index is 1.33. The molecule has 4 rings (SSSR count). The van der Waals surface area contributed by atoms with E-state index in [1.165, 1.54) is 44.0 Å². The van der Waals surface area contributed by atoms with Gasteiger partial charge in [0.05, 0.1) is 0 Å². The zero-order chi connectivity index (χ0) is 27.4. The molecular weight excluding hydrogens is 497 g/mol. The van der Waals surface area contributed by atoms with Crippen LogP contribution in [0.3, 0.4) is 0 Å². The molecule has 10 heteroatoms. The molecule has 1 atom stereocenters. The first kappa shape index (κ1) is 28.4. The fraction of sp³-hybridized carbons (Fsp3) is 0.607. The summed E-state index contributed by atoms with van der Waals surface area (Å²) < 4.78 is 17.3. The van der Waals surface area contributed by atoms with Gasteiger partial charge in [0.2, 0.25) is 0 Å². The summed E-state index contributed by atoms with van der Waals surface area (Å²) in [5.74, 6) is 1.38. The van der Waals surface area contributed by atoms with E-state index in [4.69, 9.17) is 10.5 Å². The van der Waals surface area contributed by atoms with Crippen LogP contribution in [0.2, 0.25) is 0 Å². The maximum Gasteiger partial charge on any atom is 0.104 e. The Labute approximate surface area is 230 Å². The number of ketones is 1. The summed E-state index contributed by atoms with van der Waals surface area (Å²) in [6.45, 7) is 11.8. The number of nitrogens with two attached hydrogens (primary N) is 1. The van der Waals surface area contributed by atoms with Gasteiger partial charge in [0.25, 0.3) is 0 Å².